The van der Waals surface area contributed by atoms with E-state index < -0.39 is 0 Å². The molecule has 1 heterocycles. The quantitative estimate of drug-likeness (QED) is 0.796. The Kier molecular flexibility index (Phi) is 5.40. The number of carbonyl (C=O) groups excluding carboxylic acids is 1. The van der Waals surface area contributed by atoms with Crippen molar-refractivity contribution in [3.63, 3.8) is 0 Å². The van der Waals surface area contributed by atoms with Gasteiger partial charge in [-0.25, -0.2) is 0 Å². The third-order valence-corrected chi connectivity index (χ3v) is 3.65. The summed E-state index contributed by atoms with van der Waals surface area (Å²) in [6.07, 6.45) is 2.33. The van der Waals surface area contributed by atoms with Gasteiger partial charge in [-0.15, -0.1) is 0 Å². The number of hydrogen-bond acceptors (Lipinski definition) is 3. The Bertz CT molecular complexity index is 253. The first kappa shape index (κ1) is 14.5. The Morgan fingerprint density at radius 2 is 2.12 bits per heavy atom. The normalized spacial score (nSPS) is 23.2. The molecule has 0 spiro atoms. The molecule has 2 N–H and O–H groups in total. The lowest BCUT2D eigenvalue weighted by molar-refractivity contribution is -0.134. The summed E-state index contributed by atoms with van der Waals surface area (Å²) in [5, 5.41) is 0. The lowest BCUT2D eigenvalue weighted by Gasteiger charge is -2.36. The highest BCUT2D eigenvalue weighted by Crippen LogP contribution is 2.18. The fraction of sp³-hybridized carbons (Fsp3) is 0.923. The van der Waals surface area contributed by atoms with Gasteiger partial charge in [0.1, 0.15) is 0 Å². The molecule has 0 saturated carbocycles. The molecule has 1 amide bonds. The Labute approximate surface area is 105 Å². The molecule has 100 valence electrons. The molecule has 1 aliphatic heterocycles. The molecule has 0 aromatic heterocycles. The molecule has 0 radical (unpaired) electrons. The van der Waals surface area contributed by atoms with Crippen LogP contribution in [0.3, 0.4) is 0 Å². The molecule has 2 atom stereocenters. The van der Waals surface area contributed by atoms with Crippen molar-refractivity contribution in [3.05, 3.63) is 0 Å². The van der Waals surface area contributed by atoms with E-state index >= 15 is 0 Å². The number of piperidine rings is 1. The van der Waals surface area contributed by atoms with Gasteiger partial charge >= 0.3 is 0 Å². The van der Waals surface area contributed by atoms with Crippen LogP contribution in [0.2, 0.25) is 0 Å². The highest BCUT2D eigenvalue weighted by atomic mass is 16.2. The van der Waals surface area contributed by atoms with Crippen LogP contribution < -0.4 is 5.73 Å². The van der Waals surface area contributed by atoms with Crippen LogP contribution >= 0.6 is 0 Å². The van der Waals surface area contributed by atoms with Crippen molar-refractivity contribution in [1.82, 2.24) is 9.80 Å². The molecule has 0 aliphatic carbocycles. The smallest absolute Gasteiger partial charge is 0.239 e. The SMILES string of the molecule is CC(C)N(C)CC1CCCN(C(=O)[C@H](C)N)C1. The van der Waals surface area contributed by atoms with Gasteiger partial charge in [-0.05, 0) is 46.6 Å². The first-order valence-corrected chi connectivity index (χ1v) is 6.66. The third kappa shape index (κ3) is 4.28. The minimum Gasteiger partial charge on any atom is -0.341 e. The summed E-state index contributed by atoms with van der Waals surface area (Å²) in [4.78, 5) is 16.1. The van der Waals surface area contributed by atoms with E-state index in [0.717, 1.165) is 26.1 Å². The summed E-state index contributed by atoms with van der Waals surface area (Å²) in [7, 11) is 2.15. The minimum absolute atomic E-state index is 0.0990. The number of likely N-dealkylation sites (tertiary alicyclic amines) is 1. The molecular weight excluding hydrogens is 214 g/mol. The van der Waals surface area contributed by atoms with Crippen LogP contribution in [0.15, 0.2) is 0 Å². The number of hydrogen-bond donors (Lipinski definition) is 1. The van der Waals surface area contributed by atoms with Gasteiger partial charge in [0.15, 0.2) is 0 Å². The summed E-state index contributed by atoms with van der Waals surface area (Å²) in [5.41, 5.74) is 5.66. The molecule has 1 aliphatic rings. The predicted molar refractivity (Wildman–Crippen MR) is 70.7 cm³/mol. The van der Waals surface area contributed by atoms with E-state index in [9.17, 15) is 4.79 Å². The molecule has 4 nitrogen and oxygen atoms in total. The Morgan fingerprint density at radius 3 is 2.65 bits per heavy atom. The summed E-state index contributed by atoms with van der Waals surface area (Å²) in [6, 6.07) is 0.200. The van der Waals surface area contributed by atoms with Gasteiger partial charge in [0.05, 0.1) is 6.04 Å². The molecule has 0 bridgehead atoms. The topological polar surface area (TPSA) is 49.6 Å². The molecule has 1 unspecified atom stereocenters. The number of carbonyl (C=O) groups is 1. The average Bonchev–Trinajstić information content (AvgIpc) is 2.28. The lowest BCUT2D eigenvalue weighted by Crippen LogP contribution is -2.48. The zero-order chi connectivity index (χ0) is 13.0. The Morgan fingerprint density at radius 1 is 1.47 bits per heavy atom. The van der Waals surface area contributed by atoms with Crippen LogP contribution in [0.25, 0.3) is 0 Å². The van der Waals surface area contributed by atoms with Crippen molar-refractivity contribution in [3.8, 4) is 0 Å². The van der Waals surface area contributed by atoms with Crippen LogP contribution in [0.4, 0.5) is 0 Å². The first-order chi connectivity index (χ1) is 7.91. The van der Waals surface area contributed by atoms with E-state index in [1.54, 1.807) is 6.92 Å². The molecule has 4 heteroatoms. The van der Waals surface area contributed by atoms with Crippen molar-refractivity contribution >= 4 is 5.91 Å². The molecule has 0 aromatic carbocycles. The van der Waals surface area contributed by atoms with E-state index in [0.29, 0.717) is 12.0 Å². The zero-order valence-electron chi connectivity index (χ0n) is 11.6. The number of amides is 1. The average molecular weight is 241 g/mol. The fourth-order valence-corrected chi connectivity index (χ4v) is 2.32. The van der Waals surface area contributed by atoms with Crippen LogP contribution in [0, 0.1) is 5.92 Å². The van der Waals surface area contributed by atoms with Crippen LogP contribution in [-0.2, 0) is 4.79 Å². The minimum atomic E-state index is -0.364. The van der Waals surface area contributed by atoms with Crippen molar-refractivity contribution in [2.45, 2.75) is 45.7 Å². The number of rotatable bonds is 4. The van der Waals surface area contributed by atoms with Gasteiger partial charge in [-0.3, -0.25) is 4.79 Å². The van der Waals surface area contributed by atoms with Crippen LogP contribution in [0.1, 0.15) is 33.6 Å². The van der Waals surface area contributed by atoms with Crippen LogP contribution in [0.5, 0.6) is 0 Å². The maximum Gasteiger partial charge on any atom is 0.239 e. The second-order valence-corrected chi connectivity index (χ2v) is 5.61. The maximum absolute atomic E-state index is 11.9. The van der Waals surface area contributed by atoms with Crippen molar-refractivity contribution in [1.29, 1.82) is 0 Å². The molecule has 1 saturated heterocycles. The van der Waals surface area contributed by atoms with E-state index in [-0.39, 0.29) is 11.9 Å². The largest absolute Gasteiger partial charge is 0.341 e. The molecule has 1 fully saturated rings. The molecular formula is C13H27N3O. The van der Waals surface area contributed by atoms with Gasteiger partial charge in [0.2, 0.25) is 5.91 Å². The summed E-state index contributed by atoms with van der Waals surface area (Å²) in [6.45, 7) is 8.99. The molecule has 0 aromatic rings. The Hall–Kier alpha value is -0.610. The zero-order valence-corrected chi connectivity index (χ0v) is 11.6. The van der Waals surface area contributed by atoms with E-state index in [1.165, 1.54) is 6.42 Å². The van der Waals surface area contributed by atoms with Gasteiger partial charge < -0.3 is 15.5 Å². The molecule has 1 rings (SSSR count). The summed E-state index contributed by atoms with van der Waals surface area (Å²) < 4.78 is 0. The van der Waals surface area contributed by atoms with E-state index in [2.05, 4.69) is 25.8 Å². The third-order valence-electron chi connectivity index (χ3n) is 3.65. The summed E-state index contributed by atoms with van der Waals surface area (Å²) in [5.74, 6) is 0.695. The highest BCUT2D eigenvalue weighted by Gasteiger charge is 2.26. The predicted octanol–water partition coefficient (Wildman–Crippen LogP) is 0.912. The molecule has 17 heavy (non-hydrogen) atoms. The van der Waals surface area contributed by atoms with E-state index in [1.807, 2.05) is 4.90 Å². The maximum atomic E-state index is 11.9. The Balaban J connectivity index is 2.46. The standard InChI is InChI=1S/C13H27N3O/c1-10(2)15(4)8-12-6-5-7-16(9-12)13(17)11(3)14/h10-12H,5-9,14H2,1-4H3/t11-,12?/m0/s1. The number of nitrogens with two attached hydrogens (primary N) is 1. The van der Waals surface area contributed by atoms with Gasteiger partial charge in [0.25, 0.3) is 0 Å². The highest BCUT2D eigenvalue weighted by molar-refractivity contribution is 5.81. The number of nitrogens with zero attached hydrogens (tertiary/aromatic N) is 2. The fourth-order valence-electron chi connectivity index (χ4n) is 2.32. The van der Waals surface area contributed by atoms with E-state index in [4.69, 9.17) is 5.73 Å². The van der Waals surface area contributed by atoms with Crippen molar-refractivity contribution in [2.24, 2.45) is 11.7 Å². The first-order valence-electron chi connectivity index (χ1n) is 6.66. The van der Waals surface area contributed by atoms with Crippen molar-refractivity contribution < 1.29 is 4.79 Å². The lowest BCUT2D eigenvalue weighted by atomic mass is 9.96. The van der Waals surface area contributed by atoms with Gasteiger partial charge in [-0.2, -0.15) is 0 Å². The van der Waals surface area contributed by atoms with Gasteiger partial charge in [-0.1, -0.05) is 0 Å². The monoisotopic (exact) mass is 241 g/mol. The van der Waals surface area contributed by atoms with Crippen LogP contribution in [-0.4, -0.2) is 54.5 Å². The second kappa shape index (κ2) is 6.36. The second-order valence-electron chi connectivity index (χ2n) is 5.61. The van der Waals surface area contributed by atoms with Crippen molar-refractivity contribution in [2.75, 3.05) is 26.7 Å². The summed E-state index contributed by atoms with van der Waals surface area (Å²) >= 11 is 0. The van der Waals surface area contributed by atoms with Gasteiger partial charge in [0, 0.05) is 25.7 Å².